The molecule has 1 saturated heterocycles. The van der Waals surface area contributed by atoms with E-state index in [-0.39, 0.29) is 11.7 Å². The van der Waals surface area contributed by atoms with Crippen LogP contribution in [0.1, 0.15) is 24.0 Å². The standard InChI is InChI=1S/C24H29FN2O2/c1-29-23-12-8-20(9-13-23)16-24(28)26-17-21-5-3-15-27(18-21)14-2-4-19-6-10-22(25)11-7-19/h2,4,6-13,21H,3,5,14-18H2,1H3,(H,26,28)/b4-2+. The third kappa shape index (κ3) is 7.02. The molecular weight excluding hydrogens is 367 g/mol. The van der Waals surface area contributed by atoms with Crippen LogP contribution in [0.3, 0.4) is 0 Å². The molecule has 0 saturated carbocycles. The van der Waals surface area contributed by atoms with Crippen molar-refractivity contribution < 1.29 is 13.9 Å². The summed E-state index contributed by atoms with van der Waals surface area (Å²) in [5, 5.41) is 3.09. The Balaban J connectivity index is 1.39. The first-order chi connectivity index (χ1) is 14.1. The van der Waals surface area contributed by atoms with Gasteiger partial charge in [-0.3, -0.25) is 9.69 Å². The highest BCUT2D eigenvalue weighted by atomic mass is 19.1. The van der Waals surface area contributed by atoms with Gasteiger partial charge in [-0.1, -0.05) is 36.4 Å². The Kier molecular flexibility index (Phi) is 7.82. The minimum Gasteiger partial charge on any atom is -0.497 e. The van der Waals surface area contributed by atoms with Gasteiger partial charge in [0.1, 0.15) is 11.6 Å². The van der Waals surface area contributed by atoms with Crippen LogP contribution in [-0.2, 0) is 11.2 Å². The smallest absolute Gasteiger partial charge is 0.224 e. The summed E-state index contributed by atoms with van der Waals surface area (Å²) < 4.78 is 18.1. The largest absolute Gasteiger partial charge is 0.497 e. The number of nitrogens with one attached hydrogen (secondary N) is 1. The molecule has 0 radical (unpaired) electrons. The number of halogens is 1. The fourth-order valence-electron chi connectivity index (χ4n) is 3.64. The van der Waals surface area contributed by atoms with Crippen LogP contribution in [0.2, 0.25) is 0 Å². The number of ether oxygens (including phenoxy) is 1. The third-order valence-electron chi connectivity index (χ3n) is 5.26. The molecular formula is C24H29FN2O2. The number of hydrogen-bond acceptors (Lipinski definition) is 3. The number of rotatable bonds is 8. The first kappa shape index (κ1) is 21.1. The van der Waals surface area contributed by atoms with E-state index in [4.69, 9.17) is 4.74 Å². The highest BCUT2D eigenvalue weighted by Gasteiger charge is 2.19. The van der Waals surface area contributed by atoms with Crippen molar-refractivity contribution >= 4 is 12.0 Å². The minimum absolute atomic E-state index is 0.0588. The summed E-state index contributed by atoms with van der Waals surface area (Å²) in [6.07, 6.45) is 6.82. The molecule has 4 nitrogen and oxygen atoms in total. The molecule has 29 heavy (non-hydrogen) atoms. The zero-order chi connectivity index (χ0) is 20.5. The van der Waals surface area contributed by atoms with Crippen LogP contribution < -0.4 is 10.1 Å². The van der Waals surface area contributed by atoms with E-state index < -0.39 is 0 Å². The molecule has 2 aromatic carbocycles. The second-order valence-corrected chi connectivity index (χ2v) is 7.55. The number of methoxy groups -OCH3 is 1. The van der Waals surface area contributed by atoms with Crippen molar-refractivity contribution in [3.05, 3.63) is 71.6 Å². The molecule has 0 bridgehead atoms. The number of nitrogens with zero attached hydrogens (tertiary/aromatic N) is 1. The third-order valence-corrected chi connectivity index (χ3v) is 5.26. The van der Waals surface area contributed by atoms with Crippen molar-refractivity contribution in [2.24, 2.45) is 5.92 Å². The predicted octanol–water partition coefficient (Wildman–Crippen LogP) is 3.92. The molecule has 1 aliphatic rings. The van der Waals surface area contributed by atoms with E-state index in [0.29, 0.717) is 18.9 Å². The Bertz CT molecular complexity index is 803. The Labute approximate surface area is 172 Å². The molecule has 0 spiro atoms. The molecule has 0 aromatic heterocycles. The number of benzene rings is 2. The van der Waals surface area contributed by atoms with E-state index >= 15 is 0 Å². The fraction of sp³-hybridized carbons (Fsp3) is 0.375. The number of carbonyl (C=O) groups excluding carboxylic acids is 1. The number of amides is 1. The van der Waals surface area contributed by atoms with Gasteiger partial charge in [0, 0.05) is 19.6 Å². The van der Waals surface area contributed by atoms with Crippen molar-refractivity contribution in [1.82, 2.24) is 10.2 Å². The van der Waals surface area contributed by atoms with E-state index in [1.54, 1.807) is 19.2 Å². The molecule has 1 N–H and O–H groups in total. The molecule has 154 valence electrons. The van der Waals surface area contributed by atoms with Gasteiger partial charge in [-0.15, -0.1) is 0 Å². The van der Waals surface area contributed by atoms with E-state index in [1.165, 1.54) is 12.1 Å². The minimum atomic E-state index is -0.213. The summed E-state index contributed by atoms with van der Waals surface area (Å²) in [6, 6.07) is 14.1. The predicted molar refractivity (Wildman–Crippen MR) is 114 cm³/mol. The second-order valence-electron chi connectivity index (χ2n) is 7.55. The number of carbonyl (C=O) groups is 1. The lowest BCUT2D eigenvalue weighted by molar-refractivity contribution is -0.120. The number of likely N-dealkylation sites (tertiary alicyclic amines) is 1. The van der Waals surface area contributed by atoms with Gasteiger partial charge in [-0.25, -0.2) is 4.39 Å². The number of piperidine rings is 1. The van der Waals surface area contributed by atoms with Crippen molar-refractivity contribution in [3.8, 4) is 5.75 Å². The van der Waals surface area contributed by atoms with Gasteiger partial charge in [0.15, 0.2) is 0 Å². The molecule has 3 rings (SSSR count). The Morgan fingerprint density at radius 2 is 1.97 bits per heavy atom. The normalized spacial score (nSPS) is 17.4. The summed E-state index contributed by atoms with van der Waals surface area (Å²) in [5.41, 5.74) is 1.99. The lowest BCUT2D eigenvalue weighted by Gasteiger charge is -2.32. The highest BCUT2D eigenvalue weighted by molar-refractivity contribution is 5.78. The van der Waals surface area contributed by atoms with Crippen LogP contribution in [0.4, 0.5) is 4.39 Å². The van der Waals surface area contributed by atoms with Gasteiger partial charge >= 0.3 is 0 Å². The summed E-state index contributed by atoms with van der Waals surface area (Å²) in [6.45, 7) is 3.64. The van der Waals surface area contributed by atoms with E-state index in [1.807, 2.05) is 30.3 Å². The zero-order valence-corrected chi connectivity index (χ0v) is 16.9. The van der Waals surface area contributed by atoms with E-state index in [9.17, 15) is 9.18 Å². The summed E-state index contributed by atoms with van der Waals surface area (Å²) in [4.78, 5) is 14.7. The molecule has 1 fully saturated rings. The van der Waals surface area contributed by atoms with Crippen molar-refractivity contribution in [3.63, 3.8) is 0 Å². The maximum atomic E-state index is 13.0. The average Bonchev–Trinajstić information content (AvgIpc) is 2.75. The van der Waals surface area contributed by atoms with E-state index in [2.05, 4.69) is 16.3 Å². The molecule has 1 unspecified atom stereocenters. The quantitative estimate of drug-likeness (QED) is 0.735. The first-order valence-corrected chi connectivity index (χ1v) is 10.2. The SMILES string of the molecule is COc1ccc(CC(=O)NCC2CCCN(C/C=C/c3ccc(F)cc3)C2)cc1. The molecule has 2 aromatic rings. The van der Waals surface area contributed by atoms with Gasteiger partial charge in [0.05, 0.1) is 13.5 Å². The van der Waals surface area contributed by atoms with Gasteiger partial charge in [0.25, 0.3) is 0 Å². The lowest BCUT2D eigenvalue weighted by Crippen LogP contribution is -2.41. The van der Waals surface area contributed by atoms with Crippen LogP contribution >= 0.6 is 0 Å². The summed E-state index contributed by atoms with van der Waals surface area (Å²) in [5.74, 6) is 1.12. The van der Waals surface area contributed by atoms with Crippen LogP contribution in [0, 0.1) is 11.7 Å². The fourth-order valence-corrected chi connectivity index (χ4v) is 3.64. The van der Waals surface area contributed by atoms with Gasteiger partial charge in [-0.05, 0) is 60.7 Å². The van der Waals surface area contributed by atoms with Crippen LogP contribution in [-0.4, -0.2) is 44.1 Å². The van der Waals surface area contributed by atoms with Gasteiger partial charge < -0.3 is 10.1 Å². The summed E-state index contributed by atoms with van der Waals surface area (Å²) >= 11 is 0. The first-order valence-electron chi connectivity index (χ1n) is 10.2. The van der Waals surface area contributed by atoms with Gasteiger partial charge in [-0.2, -0.15) is 0 Å². The second kappa shape index (κ2) is 10.8. The molecule has 0 aliphatic carbocycles. The monoisotopic (exact) mass is 396 g/mol. The molecule has 1 amide bonds. The van der Waals surface area contributed by atoms with Crippen molar-refractivity contribution in [2.75, 3.05) is 33.3 Å². The molecule has 1 atom stereocenters. The Morgan fingerprint density at radius 1 is 1.21 bits per heavy atom. The number of hydrogen-bond donors (Lipinski definition) is 1. The zero-order valence-electron chi connectivity index (χ0n) is 16.9. The Hall–Kier alpha value is -2.66. The van der Waals surface area contributed by atoms with Crippen molar-refractivity contribution in [1.29, 1.82) is 0 Å². The van der Waals surface area contributed by atoms with Crippen LogP contribution in [0.15, 0.2) is 54.6 Å². The maximum absolute atomic E-state index is 13.0. The van der Waals surface area contributed by atoms with Gasteiger partial charge in [0.2, 0.25) is 5.91 Å². The highest BCUT2D eigenvalue weighted by Crippen LogP contribution is 2.16. The lowest BCUT2D eigenvalue weighted by atomic mass is 9.98. The average molecular weight is 397 g/mol. The van der Waals surface area contributed by atoms with Crippen molar-refractivity contribution in [2.45, 2.75) is 19.3 Å². The van der Waals surface area contributed by atoms with Crippen LogP contribution in [0.5, 0.6) is 5.75 Å². The maximum Gasteiger partial charge on any atom is 0.224 e. The molecule has 5 heteroatoms. The molecule has 1 heterocycles. The molecule has 1 aliphatic heterocycles. The van der Waals surface area contributed by atoms with Crippen LogP contribution in [0.25, 0.3) is 6.08 Å². The Morgan fingerprint density at radius 3 is 2.69 bits per heavy atom. The summed E-state index contributed by atoms with van der Waals surface area (Å²) in [7, 11) is 1.63. The van der Waals surface area contributed by atoms with E-state index in [0.717, 1.165) is 49.4 Å². The topological polar surface area (TPSA) is 41.6 Å².